The normalized spacial score (nSPS) is 19.4. The van der Waals surface area contributed by atoms with E-state index in [9.17, 15) is 4.79 Å². The lowest BCUT2D eigenvalue weighted by atomic mass is 10.1. The number of anilines is 2. The smallest absolute Gasteiger partial charge is 0.236 e. The molecule has 0 aromatic carbocycles. The molecule has 1 amide bonds. The van der Waals surface area contributed by atoms with Gasteiger partial charge in [-0.1, -0.05) is 0 Å². The second-order valence-electron chi connectivity index (χ2n) is 6.47. The van der Waals surface area contributed by atoms with E-state index in [0.29, 0.717) is 18.4 Å². The van der Waals surface area contributed by atoms with Gasteiger partial charge in [-0.05, 0) is 32.3 Å². The van der Waals surface area contributed by atoms with Crippen molar-refractivity contribution in [2.75, 3.05) is 62.6 Å². The number of nitrogens with zero attached hydrogens (tertiary/aromatic N) is 5. The summed E-state index contributed by atoms with van der Waals surface area (Å²) >= 11 is 0. The molecular formula is C17H28N6O. The molecule has 1 aromatic heterocycles. The predicted molar refractivity (Wildman–Crippen MR) is 95.3 cm³/mol. The monoisotopic (exact) mass is 332 g/mol. The maximum absolute atomic E-state index is 12.4. The fraction of sp³-hybridized carbons (Fsp3) is 0.706. The molecule has 0 spiro atoms. The molecular weight excluding hydrogens is 304 g/mol. The quantitative estimate of drug-likeness (QED) is 0.869. The summed E-state index contributed by atoms with van der Waals surface area (Å²) in [5.41, 5.74) is 0. The van der Waals surface area contributed by atoms with E-state index >= 15 is 0 Å². The molecule has 0 saturated carbocycles. The van der Waals surface area contributed by atoms with Gasteiger partial charge in [0.2, 0.25) is 11.9 Å². The first-order chi connectivity index (χ1) is 11.8. The second-order valence-corrected chi connectivity index (χ2v) is 6.47. The molecule has 7 heteroatoms. The van der Waals surface area contributed by atoms with Crippen LogP contribution in [0.4, 0.5) is 11.8 Å². The highest BCUT2D eigenvalue weighted by Gasteiger charge is 2.23. The lowest BCUT2D eigenvalue weighted by Gasteiger charge is -2.36. The maximum Gasteiger partial charge on any atom is 0.236 e. The van der Waals surface area contributed by atoms with Crippen LogP contribution in [0.5, 0.6) is 0 Å². The van der Waals surface area contributed by atoms with E-state index in [1.807, 2.05) is 17.9 Å². The first-order valence-corrected chi connectivity index (χ1v) is 9.08. The van der Waals surface area contributed by atoms with Crippen LogP contribution in [0.3, 0.4) is 0 Å². The van der Waals surface area contributed by atoms with Gasteiger partial charge in [0.05, 0.1) is 6.54 Å². The van der Waals surface area contributed by atoms with Gasteiger partial charge in [-0.15, -0.1) is 0 Å². The van der Waals surface area contributed by atoms with Crippen LogP contribution in [0.25, 0.3) is 0 Å². The van der Waals surface area contributed by atoms with Gasteiger partial charge < -0.3 is 15.1 Å². The molecule has 1 N–H and O–H groups in total. The van der Waals surface area contributed by atoms with Crippen LogP contribution in [0, 0.1) is 0 Å². The van der Waals surface area contributed by atoms with Gasteiger partial charge in [-0.3, -0.25) is 9.69 Å². The summed E-state index contributed by atoms with van der Waals surface area (Å²) in [6.07, 6.45) is 5.37. The van der Waals surface area contributed by atoms with E-state index in [4.69, 9.17) is 0 Å². The number of rotatable bonds is 5. The van der Waals surface area contributed by atoms with Crippen LogP contribution in [-0.2, 0) is 4.79 Å². The Kier molecular flexibility index (Phi) is 5.85. The van der Waals surface area contributed by atoms with Gasteiger partial charge in [0.25, 0.3) is 0 Å². The number of nitrogens with one attached hydrogen (secondary N) is 1. The summed E-state index contributed by atoms with van der Waals surface area (Å²) in [5.74, 6) is 1.93. The maximum atomic E-state index is 12.4. The van der Waals surface area contributed by atoms with Crippen molar-refractivity contribution < 1.29 is 4.79 Å². The number of piperazine rings is 1. The number of carbonyl (C=O) groups is 1. The van der Waals surface area contributed by atoms with Crippen LogP contribution >= 0.6 is 0 Å². The van der Waals surface area contributed by atoms with Gasteiger partial charge in [-0.25, -0.2) is 4.98 Å². The number of amides is 1. The highest BCUT2D eigenvalue weighted by Crippen LogP contribution is 2.15. The van der Waals surface area contributed by atoms with Gasteiger partial charge in [0, 0.05) is 52.0 Å². The fourth-order valence-corrected chi connectivity index (χ4v) is 3.34. The van der Waals surface area contributed by atoms with E-state index in [1.165, 1.54) is 6.42 Å². The van der Waals surface area contributed by atoms with E-state index in [2.05, 4.69) is 25.1 Å². The minimum Gasteiger partial charge on any atom is -0.354 e. The molecule has 0 atom stereocenters. The van der Waals surface area contributed by atoms with Crippen molar-refractivity contribution in [3.05, 3.63) is 12.3 Å². The van der Waals surface area contributed by atoms with Crippen molar-refractivity contribution in [2.24, 2.45) is 0 Å². The van der Waals surface area contributed by atoms with E-state index in [-0.39, 0.29) is 0 Å². The minimum absolute atomic E-state index is 0.291. The molecule has 0 aliphatic carbocycles. The predicted octanol–water partition coefficient (Wildman–Crippen LogP) is 1.04. The summed E-state index contributed by atoms with van der Waals surface area (Å²) in [6.45, 7) is 8.89. The summed E-state index contributed by atoms with van der Waals surface area (Å²) < 4.78 is 0. The Balaban J connectivity index is 1.48. The second kappa shape index (κ2) is 8.28. The third kappa shape index (κ3) is 4.35. The zero-order valence-corrected chi connectivity index (χ0v) is 14.6. The topological polar surface area (TPSA) is 64.6 Å². The van der Waals surface area contributed by atoms with Crippen molar-refractivity contribution in [1.29, 1.82) is 0 Å². The number of hydrogen-bond donors (Lipinski definition) is 1. The van der Waals surface area contributed by atoms with E-state index in [0.717, 1.165) is 64.5 Å². The average Bonchev–Trinajstić information content (AvgIpc) is 2.63. The molecule has 2 aliphatic rings. The summed E-state index contributed by atoms with van der Waals surface area (Å²) in [6, 6.07) is 1.95. The number of hydrogen-bond acceptors (Lipinski definition) is 6. The van der Waals surface area contributed by atoms with Gasteiger partial charge in [0.1, 0.15) is 5.82 Å². The molecule has 7 nitrogen and oxygen atoms in total. The highest BCUT2D eigenvalue weighted by molar-refractivity contribution is 5.78. The van der Waals surface area contributed by atoms with Crippen molar-refractivity contribution in [2.45, 2.75) is 26.2 Å². The van der Waals surface area contributed by atoms with E-state index < -0.39 is 0 Å². The lowest BCUT2D eigenvalue weighted by molar-refractivity contribution is -0.133. The van der Waals surface area contributed by atoms with Gasteiger partial charge in [0.15, 0.2) is 0 Å². The number of piperidine rings is 1. The number of aromatic nitrogens is 2. The van der Waals surface area contributed by atoms with Crippen LogP contribution in [0.15, 0.2) is 12.3 Å². The first-order valence-electron chi connectivity index (χ1n) is 9.08. The minimum atomic E-state index is 0.291. The third-order valence-corrected chi connectivity index (χ3v) is 4.74. The molecule has 1 aromatic rings. The van der Waals surface area contributed by atoms with Crippen LogP contribution in [0.2, 0.25) is 0 Å². The largest absolute Gasteiger partial charge is 0.354 e. The highest BCUT2D eigenvalue weighted by atomic mass is 16.2. The summed E-state index contributed by atoms with van der Waals surface area (Å²) in [4.78, 5) is 27.7. The van der Waals surface area contributed by atoms with Crippen molar-refractivity contribution in [3.63, 3.8) is 0 Å². The lowest BCUT2D eigenvalue weighted by Crippen LogP contribution is -2.50. The Morgan fingerprint density at radius 3 is 2.58 bits per heavy atom. The van der Waals surface area contributed by atoms with Crippen molar-refractivity contribution in [1.82, 2.24) is 19.8 Å². The summed E-state index contributed by atoms with van der Waals surface area (Å²) in [5, 5.41) is 3.15. The van der Waals surface area contributed by atoms with Crippen LogP contribution in [0.1, 0.15) is 26.2 Å². The molecule has 24 heavy (non-hydrogen) atoms. The molecule has 0 bridgehead atoms. The zero-order chi connectivity index (χ0) is 16.8. The standard InChI is InChI=1S/C17H28N6O/c1-2-18-17-19-7-6-15(20-17)22-12-10-21(11-13-22)14-16(24)23-8-4-3-5-9-23/h6-7H,2-5,8-14H2,1H3,(H,18,19,20). The number of carbonyl (C=O) groups excluding carboxylic acids is 1. The van der Waals surface area contributed by atoms with Gasteiger partial charge >= 0.3 is 0 Å². The molecule has 2 fully saturated rings. The molecule has 0 unspecified atom stereocenters. The van der Waals surface area contributed by atoms with Crippen molar-refractivity contribution in [3.8, 4) is 0 Å². The van der Waals surface area contributed by atoms with E-state index in [1.54, 1.807) is 6.20 Å². The van der Waals surface area contributed by atoms with Crippen molar-refractivity contribution >= 4 is 17.7 Å². The Morgan fingerprint density at radius 2 is 1.88 bits per heavy atom. The molecule has 2 aliphatic heterocycles. The summed E-state index contributed by atoms with van der Waals surface area (Å²) in [7, 11) is 0. The first kappa shape index (κ1) is 17.0. The molecule has 2 saturated heterocycles. The molecule has 3 heterocycles. The van der Waals surface area contributed by atoms with Crippen LogP contribution in [-0.4, -0.2) is 78.0 Å². The molecule has 132 valence electrons. The number of likely N-dealkylation sites (tertiary alicyclic amines) is 1. The Labute approximate surface area is 144 Å². The Bertz CT molecular complexity index is 538. The van der Waals surface area contributed by atoms with Gasteiger partial charge in [-0.2, -0.15) is 4.98 Å². The fourth-order valence-electron chi connectivity index (χ4n) is 3.34. The Hall–Kier alpha value is -1.89. The third-order valence-electron chi connectivity index (χ3n) is 4.74. The molecule has 0 radical (unpaired) electrons. The SMILES string of the molecule is CCNc1nccc(N2CCN(CC(=O)N3CCCCC3)CC2)n1. The Morgan fingerprint density at radius 1 is 1.12 bits per heavy atom. The molecule has 3 rings (SSSR count). The average molecular weight is 332 g/mol. The zero-order valence-electron chi connectivity index (χ0n) is 14.6. The van der Waals surface area contributed by atoms with Crippen LogP contribution < -0.4 is 10.2 Å².